The molecule has 0 bridgehead atoms. The summed E-state index contributed by atoms with van der Waals surface area (Å²) in [7, 11) is 1.33. The fraction of sp³-hybridized carbons (Fsp3) is 0.833. The number of aliphatic hydroxyl groups is 1. The summed E-state index contributed by atoms with van der Waals surface area (Å²) in [5, 5.41) is 9.33. The molecule has 0 aromatic carbocycles. The van der Waals surface area contributed by atoms with E-state index in [1.165, 1.54) is 7.11 Å². The van der Waals surface area contributed by atoms with Crippen LogP contribution in [0.2, 0.25) is 0 Å². The number of carbonyl (C=O) groups is 2. The summed E-state index contributed by atoms with van der Waals surface area (Å²) < 4.78 is 4.64. The Labute approximate surface area is 102 Å². The highest BCUT2D eigenvalue weighted by atomic mass is 16.5. The summed E-state index contributed by atoms with van der Waals surface area (Å²) >= 11 is 0. The van der Waals surface area contributed by atoms with Gasteiger partial charge in [0.1, 0.15) is 0 Å². The van der Waals surface area contributed by atoms with Crippen molar-refractivity contribution in [2.24, 2.45) is 11.8 Å². The van der Waals surface area contributed by atoms with Crippen molar-refractivity contribution in [3.05, 3.63) is 0 Å². The molecule has 1 N–H and O–H groups in total. The van der Waals surface area contributed by atoms with Gasteiger partial charge in [-0.05, 0) is 12.3 Å². The highest BCUT2D eigenvalue weighted by molar-refractivity contribution is 5.87. The molecule has 0 aromatic heterocycles. The normalized spacial score (nSPS) is 22.1. The third-order valence-electron chi connectivity index (χ3n) is 3.09. The number of methoxy groups -OCH3 is 1. The van der Waals surface area contributed by atoms with Gasteiger partial charge in [0.2, 0.25) is 5.91 Å². The van der Waals surface area contributed by atoms with Crippen molar-refractivity contribution in [2.45, 2.75) is 32.7 Å². The summed E-state index contributed by atoms with van der Waals surface area (Å²) in [5.41, 5.74) is 0. The third kappa shape index (κ3) is 3.43. The molecule has 17 heavy (non-hydrogen) atoms. The van der Waals surface area contributed by atoms with E-state index in [4.69, 9.17) is 0 Å². The van der Waals surface area contributed by atoms with Crippen molar-refractivity contribution in [1.29, 1.82) is 0 Å². The second kappa shape index (κ2) is 6.00. The molecule has 0 radical (unpaired) electrons. The minimum atomic E-state index is -0.381. The minimum Gasteiger partial charge on any atom is -0.469 e. The van der Waals surface area contributed by atoms with Crippen LogP contribution in [0.25, 0.3) is 0 Å². The van der Waals surface area contributed by atoms with E-state index >= 15 is 0 Å². The van der Waals surface area contributed by atoms with Crippen molar-refractivity contribution in [1.82, 2.24) is 4.90 Å². The van der Waals surface area contributed by atoms with Crippen LogP contribution in [0.3, 0.4) is 0 Å². The first-order valence-electron chi connectivity index (χ1n) is 5.97. The monoisotopic (exact) mass is 243 g/mol. The Morgan fingerprint density at radius 2 is 2.24 bits per heavy atom. The highest BCUT2D eigenvalue weighted by Crippen LogP contribution is 2.23. The number of ether oxygens (including phenoxy) is 1. The lowest BCUT2D eigenvalue weighted by Gasteiger charge is -2.27. The maximum atomic E-state index is 11.8. The zero-order valence-electron chi connectivity index (χ0n) is 10.7. The molecule has 1 saturated heterocycles. The predicted octanol–water partition coefficient (Wildman–Crippen LogP) is 0.415. The lowest BCUT2D eigenvalue weighted by Crippen LogP contribution is -2.40. The van der Waals surface area contributed by atoms with E-state index in [0.717, 1.165) is 6.42 Å². The molecule has 1 amide bonds. The smallest absolute Gasteiger partial charge is 0.310 e. The Bertz CT molecular complexity index is 290. The molecule has 1 unspecified atom stereocenters. The Balaban J connectivity index is 2.65. The Morgan fingerprint density at radius 3 is 2.71 bits per heavy atom. The van der Waals surface area contributed by atoms with Gasteiger partial charge >= 0.3 is 5.97 Å². The van der Waals surface area contributed by atoms with Crippen LogP contribution in [-0.2, 0) is 14.3 Å². The van der Waals surface area contributed by atoms with Crippen LogP contribution >= 0.6 is 0 Å². The molecule has 98 valence electrons. The van der Waals surface area contributed by atoms with Gasteiger partial charge in [-0.1, -0.05) is 13.8 Å². The number of aliphatic hydroxyl groups excluding tert-OH is 1. The second-order valence-corrected chi connectivity index (χ2v) is 4.94. The first-order valence-corrected chi connectivity index (χ1v) is 5.97. The number of likely N-dealkylation sites (tertiary alicyclic amines) is 1. The van der Waals surface area contributed by atoms with Crippen molar-refractivity contribution in [3.8, 4) is 0 Å². The van der Waals surface area contributed by atoms with Gasteiger partial charge in [0.05, 0.1) is 25.7 Å². The van der Waals surface area contributed by atoms with Gasteiger partial charge in [-0.15, -0.1) is 0 Å². The average Bonchev–Trinajstić information content (AvgIpc) is 2.67. The summed E-state index contributed by atoms with van der Waals surface area (Å²) in [5.74, 6) is -0.395. The van der Waals surface area contributed by atoms with Crippen molar-refractivity contribution in [2.75, 3.05) is 20.3 Å². The maximum Gasteiger partial charge on any atom is 0.310 e. The first-order chi connectivity index (χ1) is 7.99. The molecule has 1 heterocycles. The van der Waals surface area contributed by atoms with Crippen molar-refractivity contribution < 1.29 is 19.4 Å². The zero-order valence-corrected chi connectivity index (χ0v) is 10.7. The molecular formula is C12H21NO4. The van der Waals surface area contributed by atoms with Gasteiger partial charge in [0.25, 0.3) is 0 Å². The molecule has 1 rings (SSSR count). The number of amides is 1. The van der Waals surface area contributed by atoms with E-state index in [9.17, 15) is 14.7 Å². The predicted molar refractivity (Wildman–Crippen MR) is 62.2 cm³/mol. The van der Waals surface area contributed by atoms with Crippen LogP contribution in [0.4, 0.5) is 0 Å². The van der Waals surface area contributed by atoms with Gasteiger partial charge in [0, 0.05) is 13.0 Å². The van der Waals surface area contributed by atoms with Crippen LogP contribution in [-0.4, -0.2) is 48.2 Å². The van der Waals surface area contributed by atoms with Gasteiger partial charge < -0.3 is 14.7 Å². The molecule has 0 saturated carbocycles. The second-order valence-electron chi connectivity index (χ2n) is 4.94. The summed E-state index contributed by atoms with van der Waals surface area (Å²) in [6, 6.07) is -0.183. The number of hydrogen-bond acceptors (Lipinski definition) is 4. The van der Waals surface area contributed by atoms with E-state index in [2.05, 4.69) is 4.74 Å². The van der Waals surface area contributed by atoms with Crippen LogP contribution in [0.15, 0.2) is 0 Å². The number of hydrogen-bond donors (Lipinski definition) is 1. The summed E-state index contributed by atoms with van der Waals surface area (Å²) in [6.45, 7) is 4.39. The number of esters is 1. The fourth-order valence-corrected chi connectivity index (χ4v) is 2.25. The molecule has 2 atom stereocenters. The molecule has 5 heteroatoms. The fourth-order valence-electron chi connectivity index (χ4n) is 2.25. The molecule has 1 aliphatic heterocycles. The highest BCUT2D eigenvalue weighted by Gasteiger charge is 2.38. The van der Waals surface area contributed by atoms with E-state index in [1.54, 1.807) is 4.90 Å². The van der Waals surface area contributed by atoms with Crippen LogP contribution < -0.4 is 0 Å². The van der Waals surface area contributed by atoms with E-state index in [1.807, 2.05) is 13.8 Å². The zero-order chi connectivity index (χ0) is 13.0. The van der Waals surface area contributed by atoms with E-state index < -0.39 is 0 Å². The van der Waals surface area contributed by atoms with Crippen LogP contribution in [0, 0.1) is 11.8 Å². The Hall–Kier alpha value is -1.10. The van der Waals surface area contributed by atoms with Crippen molar-refractivity contribution in [3.63, 3.8) is 0 Å². The van der Waals surface area contributed by atoms with Gasteiger partial charge in [-0.2, -0.15) is 0 Å². The maximum absolute atomic E-state index is 11.8. The number of carbonyl (C=O) groups excluding carboxylic acids is 2. The number of rotatable bonds is 5. The molecule has 1 aliphatic rings. The Kier molecular flexibility index (Phi) is 4.93. The Morgan fingerprint density at radius 1 is 1.59 bits per heavy atom. The molecule has 0 aromatic rings. The SMILES string of the molecule is COC(=O)C1CC(=O)N([C@H](CO)CC(C)C)C1. The minimum absolute atomic E-state index is 0.0577. The molecular weight excluding hydrogens is 222 g/mol. The third-order valence-corrected chi connectivity index (χ3v) is 3.09. The van der Waals surface area contributed by atoms with E-state index in [-0.39, 0.29) is 36.9 Å². The first kappa shape index (κ1) is 14.0. The van der Waals surface area contributed by atoms with Gasteiger partial charge in [-0.3, -0.25) is 9.59 Å². The molecule has 0 spiro atoms. The van der Waals surface area contributed by atoms with Gasteiger partial charge in [0.15, 0.2) is 0 Å². The summed E-state index contributed by atoms with van der Waals surface area (Å²) in [4.78, 5) is 24.8. The summed E-state index contributed by atoms with van der Waals surface area (Å²) in [6.07, 6.45) is 0.942. The van der Waals surface area contributed by atoms with Crippen molar-refractivity contribution >= 4 is 11.9 Å². The standard InChI is InChI=1S/C12H21NO4/c1-8(2)4-10(7-14)13-6-9(5-11(13)15)12(16)17-3/h8-10,14H,4-7H2,1-3H3/t9?,10-/m0/s1. The van der Waals surface area contributed by atoms with Crippen LogP contribution in [0.1, 0.15) is 26.7 Å². The van der Waals surface area contributed by atoms with Gasteiger partial charge in [-0.25, -0.2) is 0 Å². The quantitative estimate of drug-likeness (QED) is 0.710. The lowest BCUT2D eigenvalue weighted by molar-refractivity contribution is -0.145. The van der Waals surface area contributed by atoms with Crippen LogP contribution in [0.5, 0.6) is 0 Å². The molecule has 5 nitrogen and oxygen atoms in total. The van der Waals surface area contributed by atoms with E-state index in [0.29, 0.717) is 12.5 Å². The number of nitrogens with zero attached hydrogens (tertiary/aromatic N) is 1. The molecule has 0 aliphatic carbocycles. The average molecular weight is 243 g/mol. The lowest BCUT2D eigenvalue weighted by atomic mass is 10.0. The molecule has 1 fully saturated rings. The topological polar surface area (TPSA) is 66.8 Å². The largest absolute Gasteiger partial charge is 0.469 e.